The van der Waals surface area contributed by atoms with Gasteiger partial charge < -0.3 is 30.0 Å². The molecule has 1 saturated heterocycles. The van der Waals surface area contributed by atoms with Gasteiger partial charge in [-0.05, 0) is 19.3 Å². The first-order valence-corrected chi connectivity index (χ1v) is 9.53. The van der Waals surface area contributed by atoms with Gasteiger partial charge in [0.25, 0.3) is 0 Å². The van der Waals surface area contributed by atoms with Crippen molar-refractivity contribution in [2.45, 2.75) is 44.8 Å². The van der Waals surface area contributed by atoms with E-state index in [1.807, 2.05) is 0 Å². The average molecular weight is 368 g/mol. The second-order valence-corrected chi connectivity index (χ2v) is 6.17. The quantitative estimate of drug-likeness (QED) is 0.507. The van der Waals surface area contributed by atoms with Gasteiger partial charge in [-0.3, -0.25) is 0 Å². The van der Waals surface area contributed by atoms with E-state index < -0.39 is 0 Å². The summed E-state index contributed by atoms with van der Waals surface area (Å²) in [4.78, 5) is 8.72. The van der Waals surface area contributed by atoms with Gasteiger partial charge in [0, 0.05) is 25.4 Å². The summed E-state index contributed by atoms with van der Waals surface area (Å²) < 4.78 is 22.2. The van der Waals surface area contributed by atoms with Crippen molar-refractivity contribution in [3.63, 3.8) is 0 Å². The summed E-state index contributed by atoms with van der Waals surface area (Å²) in [6, 6.07) is 1.99. The van der Waals surface area contributed by atoms with Gasteiger partial charge in [0.05, 0.1) is 38.6 Å². The summed E-state index contributed by atoms with van der Waals surface area (Å²) in [5.41, 5.74) is 5.34. The van der Waals surface area contributed by atoms with E-state index in [0.717, 1.165) is 32.3 Å². The zero-order chi connectivity index (χ0) is 18.5. The van der Waals surface area contributed by atoms with Crippen LogP contribution < -0.4 is 15.8 Å². The predicted octanol–water partition coefficient (Wildman–Crippen LogP) is 1.61. The van der Waals surface area contributed by atoms with Crippen LogP contribution in [0.25, 0.3) is 0 Å². The van der Waals surface area contributed by atoms with Gasteiger partial charge in [-0.2, -0.15) is 4.98 Å². The molecule has 0 spiro atoms. The predicted molar refractivity (Wildman–Crippen MR) is 99.5 cm³/mol. The molecular weight excluding hydrogens is 336 g/mol. The number of nitrogens with one attached hydrogen (secondary N) is 1. The topological polar surface area (TPSA) is 101 Å². The first-order chi connectivity index (χ1) is 12.8. The first-order valence-electron chi connectivity index (χ1n) is 9.53. The molecule has 1 fully saturated rings. The Bertz CT molecular complexity index is 490. The van der Waals surface area contributed by atoms with Gasteiger partial charge >= 0.3 is 0 Å². The molecule has 8 heteroatoms. The average Bonchev–Trinajstić information content (AvgIpc) is 2.66. The minimum absolute atomic E-state index is 0.219. The van der Waals surface area contributed by atoms with Crippen LogP contribution >= 0.6 is 0 Å². The largest absolute Gasteiger partial charge is 0.475 e. The maximum Gasteiger partial charge on any atom is 0.226 e. The molecule has 2 unspecified atom stereocenters. The summed E-state index contributed by atoms with van der Waals surface area (Å²) in [5, 5.41) is 3.40. The monoisotopic (exact) mass is 368 g/mol. The second-order valence-electron chi connectivity index (χ2n) is 6.17. The van der Waals surface area contributed by atoms with Crippen molar-refractivity contribution in [3.8, 4) is 5.88 Å². The molecule has 8 nitrogen and oxygen atoms in total. The molecule has 0 aliphatic carbocycles. The Kier molecular flexibility index (Phi) is 10.3. The Hall–Kier alpha value is -1.48. The molecule has 1 aromatic rings. The number of ether oxygens (including phenoxy) is 4. The molecule has 2 atom stereocenters. The molecule has 1 aliphatic heterocycles. The highest BCUT2D eigenvalue weighted by Crippen LogP contribution is 2.21. The van der Waals surface area contributed by atoms with E-state index >= 15 is 0 Å². The molecule has 0 saturated carbocycles. The Morgan fingerprint density at radius 1 is 1.23 bits per heavy atom. The third-order valence-corrected chi connectivity index (χ3v) is 4.07. The van der Waals surface area contributed by atoms with Crippen LogP contribution in [0, 0.1) is 0 Å². The highest BCUT2D eigenvalue weighted by atomic mass is 16.5. The van der Waals surface area contributed by atoms with E-state index in [4.69, 9.17) is 24.7 Å². The number of hydrogen-bond acceptors (Lipinski definition) is 8. The molecule has 2 rings (SSSR count). The molecule has 1 aliphatic rings. The summed E-state index contributed by atoms with van der Waals surface area (Å²) in [7, 11) is 0. The lowest BCUT2D eigenvalue weighted by atomic mass is 9.99. The van der Waals surface area contributed by atoms with Crippen molar-refractivity contribution >= 4 is 5.95 Å². The van der Waals surface area contributed by atoms with Gasteiger partial charge in [-0.25, -0.2) is 4.98 Å². The van der Waals surface area contributed by atoms with Gasteiger partial charge in [0.1, 0.15) is 6.61 Å². The van der Waals surface area contributed by atoms with Gasteiger partial charge in [0.2, 0.25) is 11.8 Å². The van der Waals surface area contributed by atoms with Crippen LogP contribution in [0.2, 0.25) is 0 Å². The van der Waals surface area contributed by atoms with Crippen LogP contribution in [0.3, 0.4) is 0 Å². The Labute approximate surface area is 155 Å². The summed E-state index contributed by atoms with van der Waals surface area (Å²) in [6.45, 7) is 6.07. The molecule has 0 bridgehead atoms. The lowest BCUT2D eigenvalue weighted by Gasteiger charge is -2.32. The van der Waals surface area contributed by atoms with E-state index in [2.05, 4.69) is 22.2 Å². The van der Waals surface area contributed by atoms with Crippen LogP contribution in [0.4, 0.5) is 5.95 Å². The number of hydrogen-bond donors (Lipinski definition) is 2. The van der Waals surface area contributed by atoms with Crippen molar-refractivity contribution in [1.82, 2.24) is 9.97 Å². The number of rotatable bonds is 13. The summed E-state index contributed by atoms with van der Waals surface area (Å²) in [5.74, 6) is 1.12. The first kappa shape index (κ1) is 20.8. The third-order valence-electron chi connectivity index (χ3n) is 4.07. The van der Waals surface area contributed by atoms with Crippen molar-refractivity contribution in [2.75, 3.05) is 51.5 Å². The maximum atomic E-state index is 5.88. The van der Waals surface area contributed by atoms with Gasteiger partial charge in [0.15, 0.2) is 0 Å². The minimum Gasteiger partial charge on any atom is -0.475 e. The van der Waals surface area contributed by atoms with Gasteiger partial charge in [-0.15, -0.1) is 0 Å². The van der Waals surface area contributed by atoms with Crippen molar-refractivity contribution in [2.24, 2.45) is 5.73 Å². The van der Waals surface area contributed by atoms with Crippen LogP contribution in [0.15, 0.2) is 12.3 Å². The fourth-order valence-electron chi connectivity index (χ4n) is 2.84. The lowest BCUT2D eigenvalue weighted by molar-refractivity contribution is 0.00170. The van der Waals surface area contributed by atoms with Crippen LogP contribution in [-0.4, -0.2) is 68.3 Å². The fourth-order valence-corrected chi connectivity index (χ4v) is 2.84. The van der Waals surface area contributed by atoms with E-state index in [0.29, 0.717) is 51.4 Å². The molecule has 26 heavy (non-hydrogen) atoms. The van der Waals surface area contributed by atoms with E-state index in [-0.39, 0.29) is 12.1 Å². The molecule has 0 radical (unpaired) electrons. The summed E-state index contributed by atoms with van der Waals surface area (Å²) >= 11 is 0. The normalized spacial score (nSPS) is 20.1. The van der Waals surface area contributed by atoms with Crippen LogP contribution in [0.1, 0.15) is 32.6 Å². The molecule has 1 aromatic heterocycles. The lowest BCUT2D eigenvalue weighted by Crippen LogP contribution is -2.40. The van der Waals surface area contributed by atoms with Crippen molar-refractivity contribution in [1.29, 1.82) is 0 Å². The molecule has 2 heterocycles. The molecule has 3 N–H and O–H groups in total. The molecule has 0 amide bonds. The third kappa shape index (κ3) is 7.82. The highest BCUT2D eigenvalue weighted by Gasteiger charge is 2.25. The molecule has 148 valence electrons. The second kappa shape index (κ2) is 12.8. The van der Waals surface area contributed by atoms with E-state index in [9.17, 15) is 0 Å². The van der Waals surface area contributed by atoms with Crippen LogP contribution in [0.5, 0.6) is 5.88 Å². The Morgan fingerprint density at radius 2 is 2.04 bits per heavy atom. The van der Waals surface area contributed by atoms with Gasteiger partial charge in [-0.1, -0.05) is 13.3 Å². The SMILES string of the molecule is CCCC1OCCCC1Nc1nccc(OCCOCCOCCN)n1. The Morgan fingerprint density at radius 3 is 2.85 bits per heavy atom. The van der Waals surface area contributed by atoms with E-state index in [1.54, 1.807) is 12.3 Å². The smallest absolute Gasteiger partial charge is 0.226 e. The van der Waals surface area contributed by atoms with Crippen LogP contribution in [-0.2, 0) is 14.2 Å². The Balaban J connectivity index is 1.70. The molecular formula is C18H32N4O4. The van der Waals surface area contributed by atoms with Crippen molar-refractivity contribution in [3.05, 3.63) is 12.3 Å². The van der Waals surface area contributed by atoms with E-state index in [1.165, 1.54) is 0 Å². The number of aromatic nitrogens is 2. The minimum atomic E-state index is 0.219. The standard InChI is InChI=1S/C18H32N4O4/c1-2-4-16-15(5-3-9-25-16)21-18-20-8-6-17(22-18)26-14-13-24-12-11-23-10-7-19/h6,8,15-16H,2-5,7,9-14,19H2,1H3,(H,20,21,22). The fraction of sp³-hybridized carbons (Fsp3) is 0.778. The summed E-state index contributed by atoms with van der Waals surface area (Å²) in [6.07, 6.45) is 6.19. The molecule has 0 aromatic carbocycles. The number of nitrogens with two attached hydrogens (primary N) is 1. The number of nitrogens with zero attached hydrogens (tertiary/aromatic N) is 2. The number of anilines is 1. The van der Waals surface area contributed by atoms with Crippen molar-refractivity contribution < 1.29 is 18.9 Å². The highest BCUT2D eigenvalue weighted by molar-refractivity contribution is 5.29. The maximum absolute atomic E-state index is 5.88. The zero-order valence-corrected chi connectivity index (χ0v) is 15.7. The zero-order valence-electron chi connectivity index (χ0n) is 15.7.